The van der Waals surface area contributed by atoms with E-state index < -0.39 is 0 Å². The number of carbonyl (C=O) groups excluding carboxylic acids is 2. The molecule has 0 spiro atoms. The van der Waals surface area contributed by atoms with Crippen LogP contribution in [0, 0.1) is 0 Å². The molecular weight excluding hydrogens is 841 g/mol. The third-order valence-electron chi connectivity index (χ3n) is 4.98. The van der Waals surface area contributed by atoms with Gasteiger partial charge < -0.3 is 10.2 Å². The monoisotopic (exact) mass is 858 g/mol. The Balaban J connectivity index is 0.000000280. The van der Waals surface area contributed by atoms with E-state index in [1.165, 1.54) is 12.4 Å². The zero-order chi connectivity index (χ0) is 29.1. The van der Waals surface area contributed by atoms with E-state index in [0.29, 0.717) is 42.7 Å². The number of hydrogen-bond acceptors (Lipinski definition) is 4. The van der Waals surface area contributed by atoms with E-state index in [0.717, 1.165) is 8.95 Å². The van der Waals surface area contributed by atoms with E-state index in [-0.39, 0.29) is 31.3 Å². The topological polar surface area (TPSA) is 129 Å². The molecule has 0 aliphatic carbocycles. The van der Waals surface area contributed by atoms with Crippen LogP contribution in [0.25, 0.3) is 0 Å². The maximum Gasteiger partial charge on any atom is 2.00 e. The number of benzene rings is 4. The summed E-state index contributed by atoms with van der Waals surface area (Å²) in [4.78, 5) is 23.5. The minimum atomic E-state index is -0.289. The summed E-state index contributed by atoms with van der Waals surface area (Å²) < 4.78 is 2.97. The minimum absolute atomic E-state index is 0. The molecule has 0 atom stereocenters. The molecule has 0 unspecified atom stereocenters. The Labute approximate surface area is 282 Å². The van der Waals surface area contributed by atoms with Crippen LogP contribution < -0.4 is 10.9 Å². The first-order chi connectivity index (χ1) is 19.2. The second-order valence-corrected chi connectivity index (χ2v) is 11.4. The molecule has 204 valence electrons. The summed E-state index contributed by atoms with van der Waals surface area (Å²) in [6.07, 6.45) is 2.89. The Morgan fingerprint density at radius 3 is 1.29 bits per heavy atom. The van der Waals surface area contributed by atoms with Crippen molar-refractivity contribution in [2.45, 2.75) is 0 Å². The molecule has 0 radical (unpaired) electrons. The van der Waals surface area contributed by atoms with Crippen LogP contribution in [0.4, 0.5) is 0 Å². The van der Waals surface area contributed by atoms with Gasteiger partial charge in [0.25, 0.3) is 23.3 Å². The second kappa shape index (κ2) is 17.3. The van der Waals surface area contributed by atoms with E-state index >= 15 is 0 Å². The predicted octanol–water partition coefficient (Wildman–Crippen LogP) is 6.82. The Hall–Kier alpha value is -2.70. The van der Waals surface area contributed by atoms with Crippen molar-refractivity contribution in [3.8, 4) is 11.5 Å². The molecule has 0 fully saturated rings. The molecule has 8 nitrogen and oxygen atoms in total. The number of hydrazone groups is 2. The van der Waals surface area contributed by atoms with Gasteiger partial charge in [-0.1, -0.05) is 68.3 Å². The Morgan fingerprint density at radius 2 is 0.951 bits per heavy atom. The van der Waals surface area contributed by atoms with Crippen molar-refractivity contribution < 1.29 is 39.3 Å². The zero-order valence-corrected chi connectivity index (χ0v) is 30.5. The van der Waals surface area contributed by atoms with Gasteiger partial charge in [0, 0.05) is 20.1 Å². The van der Waals surface area contributed by atoms with E-state index in [4.69, 9.17) is 10.2 Å². The van der Waals surface area contributed by atoms with Crippen molar-refractivity contribution in [3.63, 3.8) is 0 Å². The van der Waals surface area contributed by atoms with Gasteiger partial charge in [0.2, 0.25) is 0 Å². The number of nitrogens with zero attached hydrogens (tertiary/aromatic N) is 2. The molecule has 0 aliphatic heterocycles. The van der Waals surface area contributed by atoms with Crippen molar-refractivity contribution in [2.24, 2.45) is 10.2 Å². The summed E-state index contributed by atoms with van der Waals surface area (Å²) in [5.41, 5.74) is 7.12. The zero-order valence-electron chi connectivity index (χ0n) is 21.2. The summed E-state index contributed by atoms with van der Waals surface area (Å²) in [5.74, 6) is 0.0432. The van der Waals surface area contributed by atoms with Gasteiger partial charge in [-0.25, -0.2) is 10.9 Å². The number of carbonyl (C=O) groups is 2. The van der Waals surface area contributed by atoms with E-state index in [1.807, 2.05) is 12.1 Å². The molecule has 0 bridgehead atoms. The van der Waals surface area contributed by atoms with Gasteiger partial charge in [-0.3, -0.25) is 9.59 Å². The summed E-state index contributed by atoms with van der Waals surface area (Å²) >= 11 is 13.3. The average molecular weight is 864 g/mol. The first kappa shape index (κ1) is 34.5. The number of nitrogens with one attached hydrogen (secondary N) is 2. The third-order valence-corrected chi connectivity index (χ3v) is 7.15. The summed E-state index contributed by atoms with van der Waals surface area (Å²) in [7, 11) is 0. The first-order valence-corrected chi connectivity index (χ1v) is 14.5. The predicted molar refractivity (Wildman–Crippen MR) is 173 cm³/mol. The second-order valence-electron chi connectivity index (χ2n) is 7.83. The fourth-order valence-electron chi connectivity index (χ4n) is 3.02. The van der Waals surface area contributed by atoms with Crippen LogP contribution in [0.5, 0.6) is 11.5 Å². The number of hydrogen-bond donors (Lipinski definition) is 2. The summed E-state index contributed by atoms with van der Waals surface area (Å²) in [6, 6.07) is 24.7. The maximum atomic E-state index is 11.8. The molecule has 4 aromatic rings. The molecule has 2 amide bonds. The van der Waals surface area contributed by atoms with E-state index in [1.54, 1.807) is 72.8 Å². The van der Waals surface area contributed by atoms with Gasteiger partial charge in [-0.15, -0.1) is 0 Å². The van der Waals surface area contributed by atoms with Crippen molar-refractivity contribution in [1.82, 2.24) is 10.9 Å². The third kappa shape index (κ3) is 10.9. The largest absolute Gasteiger partial charge is 2.00 e. The SMILES string of the molecule is O=C(NN=Cc1cc(Br)cc(Br)c1[OH2+])c1ccccc1.O=C(NN=Cc1cc(Br)cc(Br)c1[OH2+])c1ccccc1.[Zn+2]. The van der Waals surface area contributed by atoms with Gasteiger partial charge in [0.05, 0.1) is 23.6 Å². The van der Waals surface area contributed by atoms with Crippen molar-refractivity contribution >= 4 is 88.0 Å². The molecule has 13 heteroatoms. The summed E-state index contributed by atoms with van der Waals surface area (Å²) in [5, 5.41) is 23.5. The molecule has 0 saturated carbocycles. The van der Waals surface area contributed by atoms with E-state index in [9.17, 15) is 9.59 Å². The minimum Gasteiger partial charge on any atom is -0.592 e. The van der Waals surface area contributed by atoms with Gasteiger partial charge in [-0.05, 0) is 80.4 Å². The Kier molecular flexibility index (Phi) is 14.6. The number of rotatable bonds is 6. The first-order valence-electron chi connectivity index (χ1n) is 11.3. The molecule has 0 aliphatic rings. The fourth-order valence-corrected chi connectivity index (χ4v) is 5.54. The molecule has 4 rings (SSSR count). The van der Waals surface area contributed by atoms with Crippen molar-refractivity contribution in [2.75, 3.05) is 0 Å². The quantitative estimate of drug-likeness (QED) is 0.0955. The molecule has 0 aromatic heterocycles. The smallest absolute Gasteiger partial charge is 0.592 e. The van der Waals surface area contributed by atoms with Crippen LogP contribution in [0.2, 0.25) is 0 Å². The van der Waals surface area contributed by atoms with Crippen molar-refractivity contribution in [1.29, 1.82) is 0 Å². The molecule has 41 heavy (non-hydrogen) atoms. The van der Waals surface area contributed by atoms with Gasteiger partial charge in [0.15, 0.2) is 0 Å². The number of halogens is 4. The van der Waals surface area contributed by atoms with Crippen LogP contribution in [0.1, 0.15) is 31.8 Å². The normalized spacial score (nSPS) is 10.4. The van der Waals surface area contributed by atoms with Crippen LogP contribution in [-0.4, -0.2) is 34.5 Å². The Morgan fingerprint density at radius 1 is 0.610 bits per heavy atom. The van der Waals surface area contributed by atoms with Gasteiger partial charge in [-0.2, -0.15) is 10.2 Å². The van der Waals surface area contributed by atoms with Crippen LogP contribution in [-0.2, 0) is 19.5 Å². The van der Waals surface area contributed by atoms with E-state index in [2.05, 4.69) is 84.8 Å². The van der Waals surface area contributed by atoms with Gasteiger partial charge >= 0.3 is 19.5 Å². The molecule has 0 heterocycles. The fraction of sp³-hybridized carbons (Fsp3) is 0. The van der Waals surface area contributed by atoms with Gasteiger partial charge in [0.1, 0.15) is 8.95 Å². The maximum absolute atomic E-state index is 11.8. The van der Waals surface area contributed by atoms with Crippen LogP contribution in [0.15, 0.2) is 113 Å². The Bertz CT molecular complexity index is 1440. The average Bonchev–Trinajstić information content (AvgIpc) is 2.95. The van der Waals surface area contributed by atoms with Crippen LogP contribution in [0.3, 0.4) is 0 Å². The molecule has 0 saturated heterocycles. The van der Waals surface area contributed by atoms with Crippen molar-refractivity contribution in [3.05, 3.63) is 125 Å². The molecular formula is C28H22Br4N4O4Zn+4. The summed E-state index contributed by atoms with van der Waals surface area (Å²) in [6.45, 7) is 0. The number of amides is 2. The molecule has 4 aromatic carbocycles. The standard InChI is InChI=1S/2C14H10Br2N2O2.Zn/c2*15-11-6-10(13(19)12(16)7-11)8-17-18-14(20)9-4-2-1-3-5-9;/h2*1-8,19H,(H,18,20);/q;;+2/p+2. The molecule has 6 N–H and O–H groups in total. The van der Waals surface area contributed by atoms with Crippen LogP contribution >= 0.6 is 63.7 Å².